The summed E-state index contributed by atoms with van der Waals surface area (Å²) in [5, 5.41) is 49.9. The van der Waals surface area contributed by atoms with Crippen LogP contribution in [0, 0.1) is 109 Å². The van der Waals surface area contributed by atoms with Gasteiger partial charge in [-0.15, -0.1) is 0 Å². The topological polar surface area (TPSA) is 355 Å². The molecule has 25 heteroatoms. The van der Waals surface area contributed by atoms with E-state index in [0.717, 1.165) is 16.7 Å². The predicted molar refractivity (Wildman–Crippen MR) is 293 cm³/mol. The predicted octanol–water partition coefficient (Wildman–Crippen LogP) is 9.82. The van der Waals surface area contributed by atoms with E-state index >= 15 is 0 Å². The number of hydrogen-bond donors (Lipinski definition) is 3. The molecule has 4 aromatic heterocycles. The molecular weight excluding hydrogens is 1070 g/mol. The molecule has 0 fully saturated rings. The molecule has 0 aliphatic carbocycles. The number of carbonyl (C=O) groups excluding carboxylic acids is 2. The van der Waals surface area contributed by atoms with Crippen LogP contribution in [0.15, 0.2) is 88.7 Å². The van der Waals surface area contributed by atoms with Crippen LogP contribution in [0.1, 0.15) is 83.8 Å². The third-order valence-electron chi connectivity index (χ3n) is 8.83. The molecule has 0 atom stereocenters. The minimum atomic E-state index is -0.541. The van der Waals surface area contributed by atoms with Crippen LogP contribution in [0.5, 0.6) is 0 Å². The highest BCUT2D eigenvalue weighted by Gasteiger charge is 2.11. The Kier molecular flexibility index (Phi) is 45.0. The van der Waals surface area contributed by atoms with E-state index in [0.29, 0.717) is 51.5 Å². The van der Waals surface area contributed by atoms with E-state index in [1.54, 1.807) is 82.6 Å². The van der Waals surface area contributed by atoms with Gasteiger partial charge in [0.1, 0.15) is 40.2 Å². The molecule has 0 aromatic carbocycles. The zero-order valence-corrected chi connectivity index (χ0v) is 47.3. The molecule has 0 aliphatic rings. The van der Waals surface area contributed by atoms with Crippen LogP contribution in [0.2, 0.25) is 15.5 Å². The molecule has 0 spiro atoms. The maximum Gasteiger partial charge on any atom is 0.266 e. The molecule has 22 nitrogen and oxygen atoms in total. The zero-order chi connectivity index (χ0) is 60.8. The van der Waals surface area contributed by atoms with Crippen molar-refractivity contribution in [3.8, 4) is 36.4 Å². The number of allylic oxidation sites excluding steroid dienone is 4. The highest BCUT2D eigenvalue weighted by Crippen LogP contribution is 2.18. The number of primary amides is 1. The van der Waals surface area contributed by atoms with Gasteiger partial charge in [-0.25, -0.2) is 35.2 Å². The normalized spacial score (nSPS) is 9.81. The first-order valence-electron chi connectivity index (χ1n) is 21.8. The molecule has 0 aliphatic heterocycles. The van der Waals surface area contributed by atoms with Crippen molar-refractivity contribution in [1.29, 1.82) is 31.6 Å². The van der Waals surface area contributed by atoms with Crippen LogP contribution in [0.25, 0.3) is 9.69 Å². The zero-order valence-electron chi connectivity index (χ0n) is 45.0. The lowest BCUT2D eigenvalue weighted by atomic mass is 10.1. The second kappa shape index (κ2) is 46.5. The lowest BCUT2D eigenvalue weighted by Crippen LogP contribution is -2.16. The van der Waals surface area contributed by atoms with Gasteiger partial charge >= 0.3 is 0 Å². The molecule has 1 amide bonds. The number of nitrogens with two attached hydrogens (primary N) is 2. The number of methoxy groups -OCH3 is 5. The number of hydrogen-bond acceptors (Lipinski definition) is 18. The fraction of sp³-hybridized carbons (Fsp3) is 0.321. The van der Waals surface area contributed by atoms with E-state index < -0.39 is 5.91 Å². The summed E-state index contributed by atoms with van der Waals surface area (Å²) in [4.78, 5) is 51.7. The quantitative estimate of drug-likeness (QED) is 0.0314. The number of aromatic amines is 1. The molecule has 0 bridgehead atoms. The molecule has 4 heterocycles. The SMILES string of the molecule is COC(CC(C)=O)OC.Cc1cc[nH]c(=O)c1C#N.Cc1ccnc(Cl)c1C#N.Cc1ccnc(Cl)c1C(N)=O.Cc1ccnc(Cl)c1N.N#CCC#N.[C-]#[N+]/C(C#N)=C(C)\C=C\OC.[C-]#[N+]/C(C#N)=C(\C)CC(OC)OC. The van der Waals surface area contributed by atoms with Gasteiger partial charge in [0.25, 0.3) is 22.9 Å². The summed E-state index contributed by atoms with van der Waals surface area (Å²) >= 11 is 16.8. The standard InChI is InChI=1S/C9H12N2O2.C8H8N2O.C7H7ClN2O.C7H5ClN2.C7H6N2O.C6H7ClN2.C6H12O3.C3H2N2/c1-7(8(6-10)11-2)5-9(12-3)13-4;1-7(4-5-11-3)8(6-9)10-2;1-4-2-3-10-6(8)5(4)7(9)11;1-5-2-3-10-7(8)6(5)4-9;1-5-2-3-9-7(10)6(5)4-8;1-4-2-3-9-6(7)5(4)8;1-5(7)4-6(8-2)9-3;4-2-1-3-5/h9H,5H2,1,3-4H3;4-5H,1,3H3;2-3H,1H3,(H2,9,11);2-3H,1H3;2-3H,1H3,(H,9,10);2-3H,8H2,1H3;6H,4H2,1-3H3;1H2/b8-7+;5-4+,8-7-;;;;;;. The Labute approximate surface area is 470 Å². The average Bonchev–Trinajstić information content (AvgIpc) is 3.40. The van der Waals surface area contributed by atoms with Crippen molar-refractivity contribution in [3.63, 3.8) is 0 Å². The minimum Gasteiger partial charge on any atom is -0.504 e. The van der Waals surface area contributed by atoms with Crippen LogP contribution in [-0.4, -0.2) is 79.8 Å². The van der Waals surface area contributed by atoms with Crippen LogP contribution in [0.4, 0.5) is 5.69 Å². The number of amides is 1. The Hall–Kier alpha value is -9.01. The first-order valence-corrected chi connectivity index (χ1v) is 22.9. The fourth-order valence-electron chi connectivity index (χ4n) is 4.54. The number of rotatable bonds is 11. The minimum absolute atomic E-state index is 0. The van der Waals surface area contributed by atoms with Crippen LogP contribution in [0.3, 0.4) is 0 Å². The lowest BCUT2D eigenvalue weighted by molar-refractivity contribution is -0.135. The Morgan fingerprint density at radius 2 is 1.14 bits per heavy atom. The smallest absolute Gasteiger partial charge is 0.266 e. The molecule has 0 unspecified atom stereocenters. The molecule has 0 radical (unpaired) electrons. The molecule has 0 saturated carbocycles. The van der Waals surface area contributed by atoms with Crippen molar-refractivity contribution in [1.82, 2.24) is 19.9 Å². The highest BCUT2D eigenvalue weighted by atomic mass is 35.5. The molecule has 78 heavy (non-hydrogen) atoms. The summed E-state index contributed by atoms with van der Waals surface area (Å²) in [6.07, 6.45) is 9.29. The third-order valence-corrected chi connectivity index (χ3v) is 9.70. The third kappa shape index (κ3) is 33.7. The van der Waals surface area contributed by atoms with Crippen LogP contribution >= 0.6 is 34.8 Å². The molecule has 410 valence electrons. The van der Waals surface area contributed by atoms with Crippen LogP contribution in [-0.2, 0) is 28.5 Å². The number of pyridine rings is 4. The Bertz CT molecular complexity index is 2940. The van der Waals surface area contributed by atoms with E-state index in [9.17, 15) is 14.4 Å². The van der Waals surface area contributed by atoms with E-state index in [1.165, 1.54) is 61.1 Å². The number of nitrogen functional groups attached to an aromatic ring is 1. The Morgan fingerprint density at radius 1 is 0.692 bits per heavy atom. The lowest BCUT2D eigenvalue weighted by Gasteiger charge is -2.13. The van der Waals surface area contributed by atoms with Crippen molar-refractivity contribution < 1.29 is 33.3 Å². The number of anilines is 1. The van der Waals surface area contributed by atoms with Gasteiger partial charge in [0, 0.05) is 59.6 Å². The van der Waals surface area contributed by atoms with Crippen molar-refractivity contribution in [2.45, 2.75) is 80.3 Å². The number of Topliss-reactive ketones (excluding diaryl/α,β-unsaturated/α-hetero) is 1. The number of aromatic nitrogens is 4. The monoisotopic (exact) mass is 1120 g/mol. The van der Waals surface area contributed by atoms with E-state index in [-0.39, 0.29) is 57.6 Å². The van der Waals surface area contributed by atoms with E-state index in [2.05, 4.69) is 34.4 Å². The van der Waals surface area contributed by atoms with Crippen LogP contribution < -0.4 is 17.0 Å². The number of H-pyrrole nitrogens is 1. The number of halogens is 3. The highest BCUT2D eigenvalue weighted by molar-refractivity contribution is 6.33. The van der Waals surface area contributed by atoms with Crippen molar-refractivity contribution in [2.75, 3.05) is 41.3 Å². The molecule has 4 rings (SSSR count). The first-order chi connectivity index (χ1) is 36.9. The Balaban J connectivity index is -0.000000405. The van der Waals surface area contributed by atoms with Gasteiger partial charge in [-0.3, -0.25) is 14.4 Å². The van der Waals surface area contributed by atoms with Crippen molar-refractivity contribution in [2.24, 2.45) is 5.73 Å². The summed E-state index contributed by atoms with van der Waals surface area (Å²) in [5.41, 5.74) is 16.6. The van der Waals surface area contributed by atoms with Gasteiger partial charge in [0.2, 0.25) is 0 Å². The number of carbonyl (C=O) groups is 2. The maximum absolute atomic E-state index is 10.8. The molecule has 4 aromatic rings. The fourth-order valence-corrected chi connectivity index (χ4v) is 5.29. The van der Waals surface area contributed by atoms with E-state index in [1.807, 2.05) is 38.1 Å². The Morgan fingerprint density at radius 3 is 1.44 bits per heavy atom. The molecule has 0 saturated heterocycles. The van der Waals surface area contributed by atoms with Gasteiger partial charge in [-0.2, -0.15) is 21.0 Å². The number of nitriles is 6. The van der Waals surface area contributed by atoms with Crippen molar-refractivity contribution >= 4 is 52.2 Å². The number of ketones is 1. The number of aryl methyl sites for hydroxylation is 4. The van der Waals surface area contributed by atoms with Gasteiger partial charge in [0.05, 0.1) is 74.0 Å². The van der Waals surface area contributed by atoms with Crippen molar-refractivity contribution in [3.05, 3.63) is 172 Å². The van der Waals surface area contributed by atoms with Gasteiger partial charge in [-0.1, -0.05) is 47.3 Å². The largest absolute Gasteiger partial charge is 0.504 e. The summed E-state index contributed by atoms with van der Waals surface area (Å²) in [7, 11) is 7.57. The first kappa shape index (κ1) is 75.5. The number of nitrogens with one attached hydrogen (secondary N) is 1. The van der Waals surface area contributed by atoms with E-state index in [4.69, 9.17) is 110 Å². The summed E-state index contributed by atoms with van der Waals surface area (Å²) in [5.74, 6) is -0.468. The van der Waals surface area contributed by atoms with Gasteiger partial charge in [-0.05, 0) is 99.7 Å². The molecule has 5 N–H and O–H groups in total. The second-order valence-electron chi connectivity index (χ2n) is 14.4. The molecular formula is C53H59Cl3N14O8. The number of ether oxygens (including phenoxy) is 5. The summed E-state index contributed by atoms with van der Waals surface area (Å²) in [6.45, 7) is 25.4. The summed E-state index contributed by atoms with van der Waals surface area (Å²) in [6, 6.07) is 17.7. The van der Waals surface area contributed by atoms with Gasteiger partial charge in [0.15, 0.2) is 17.7 Å². The summed E-state index contributed by atoms with van der Waals surface area (Å²) < 4.78 is 24.0. The van der Waals surface area contributed by atoms with Gasteiger partial charge < -0.3 is 40.1 Å². The number of nitrogens with zero attached hydrogens (tertiary/aromatic N) is 11. The average molecular weight is 1130 g/mol. The second-order valence-corrected chi connectivity index (χ2v) is 15.5. The maximum atomic E-state index is 10.8.